The molecular weight excluding hydrogens is 376 g/mol. The second-order valence-electron chi connectivity index (χ2n) is 6.79. The fourth-order valence-corrected chi connectivity index (χ4v) is 2.98. The third-order valence-corrected chi connectivity index (χ3v) is 4.79. The van der Waals surface area contributed by atoms with E-state index in [0.29, 0.717) is 12.8 Å². The van der Waals surface area contributed by atoms with Crippen molar-refractivity contribution in [3.8, 4) is 0 Å². The Labute approximate surface area is 163 Å². The zero-order valence-electron chi connectivity index (χ0n) is 15.4. The molecule has 4 unspecified atom stereocenters. The van der Waals surface area contributed by atoms with Crippen molar-refractivity contribution >= 4 is 36.3 Å². The highest BCUT2D eigenvalue weighted by atomic mass is 32.1. The number of nitrogens with one attached hydrogen (secondary N) is 2. The summed E-state index contributed by atoms with van der Waals surface area (Å²) in [5.74, 6) is -3.25. The maximum Gasteiger partial charge on any atom is 0.326 e. The van der Waals surface area contributed by atoms with Gasteiger partial charge in [-0.1, -0.05) is 13.8 Å². The predicted octanol–water partition coefficient (Wildman–Crippen LogP) is -2.06. The lowest BCUT2D eigenvalue weighted by Gasteiger charge is -2.29. The van der Waals surface area contributed by atoms with Gasteiger partial charge in [0.2, 0.25) is 17.7 Å². The molecule has 3 amide bonds. The number of rotatable bonds is 9. The van der Waals surface area contributed by atoms with Crippen LogP contribution in [0, 0.1) is 5.92 Å². The minimum atomic E-state index is -1.24. The van der Waals surface area contributed by atoms with E-state index >= 15 is 0 Å². The summed E-state index contributed by atoms with van der Waals surface area (Å²) in [6.45, 7) is 2.94. The molecule has 27 heavy (non-hydrogen) atoms. The summed E-state index contributed by atoms with van der Waals surface area (Å²) in [6.07, 6.45) is 0.912. The van der Waals surface area contributed by atoms with Crippen LogP contribution in [0.3, 0.4) is 0 Å². The van der Waals surface area contributed by atoms with Gasteiger partial charge in [0.25, 0.3) is 0 Å². The summed E-state index contributed by atoms with van der Waals surface area (Å²) in [5.41, 5.74) is 5.55. The first kappa shape index (κ1) is 23.2. The van der Waals surface area contributed by atoms with Crippen LogP contribution < -0.4 is 16.4 Å². The van der Waals surface area contributed by atoms with Gasteiger partial charge in [-0.2, -0.15) is 12.6 Å². The van der Waals surface area contributed by atoms with Gasteiger partial charge in [-0.15, -0.1) is 0 Å². The molecule has 1 saturated heterocycles. The van der Waals surface area contributed by atoms with Crippen LogP contribution in [-0.4, -0.2) is 81.9 Å². The highest BCUT2D eigenvalue weighted by molar-refractivity contribution is 7.80. The Morgan fingerprint density at radius 1 is 1.26 bits per heavy atom. The van der Waals surface area contributed by atoms with Crippen molar-refractivity contribution < 1.29 is 29.4 Å². The van der Waals surface area contributed by atoms with Gasteiger partial charge in [0.05, 0.1) is 12.6 Å². The van der Waals surface area contributed by atoms with Crippen molar-refractivity contribution in [2.75, 3.05) is 18.9 Å². The van der Waals surface area contributed by atoms with Gasteiger partial charge in [-0.05, 0) is 18.8 Å². The molecule has 0 spiro atoms. The third-order valence-electron chi connectivity index (χ3n) is 4.40. The monoisotopic (exact) mass is 404 g/mol. The number of hydrogen-bond donors (Lipinski definition) is 6. The molecule has 4 atom stereocenters. The zero-order chi connectivity index (χ0) is 20.7. The van der Waals surface area contributed by atoms with E-state index in [1.54, 1.807) is 13.8 Å². The Balaban J connectivity index is 2.84. The molecule has 0 radical (unpaired) electrons. The number of aliphatic carboxylic acids is 1. The van der Waals surface area contributed by atoms with E-state index in [0.717, 1.165) is 0 Å². The van der Waals surface area contributed by atoms with Crippen molar-refractivity contribution in [2.24, 2.45) is 11.7 Å². The molecule has 1 fully saturated rings. The maximum absolute atomic E-state index is 12.7. The van der Waals surface area contributed by atoms with Crippen molar-refractivity contribution in [1.82, 2.24) is 15.5 Å². The molecule has 1 heterocycles. The van der Waals surface area contributed by atoms with Gasteiger partial charge in [0.1, 0.15) is 18.1 Å². The number of nitrogens with two attached hydrogens (primary N) is 1. The second kappa shape index (κ2) is 10.5. The van der Waals surface area contributed by atoms with Gasteiger partial charge in [0.15, 0.2) is 0 Å². The fourth-order valence-electron chi connectivity index (χ4n) is 2.81. The number of carboxylic acids is 1. The summed E-state index contributed by atoms with van der Waals surface area (Å²) < 4.78 is 0. The molecule has 0 saturated carbocycles. The van der Waals surface area contributed by atoms with Crippen LogP contribution >= 0.6 is 12.6 Å². The van der Waals surface area contributed by atoms with Crippen LogP contribution in [0.2, 0.25) is 0 Å². The molecule has 10 nitrogen and oxygen atoms in total. The highest BCUT2D eigenvalue weighted by Gasteiger charge is 2.39. The van der Waals surface area contributed by atoms with Crippen LogP contribution in [-0.2, 0) is 19.2 Å². The number of amides is 3. The first-order chi connectivity index (χ1) is 12.6. The minimum absolute atomic E-state index is 0.0682. The Kier molecular flexibility index (Phi) is 9.00. The molecule has 1 aliphatic rings. The normalized spacial score (nSPS) is 20.1. The van der Waals surface area contributed by atoms with Crippen molar-refractivity contribution in [2.45, 2.75) is 50.9 Å². The predicted molar refractivity (Wildman–Crippen MR) is 100.0 cm³/mol. The molecule has 1 aliphatic heterocycles. The zero-order valence-corrected chi connectivity index (χ0v) is 16.3. The lowest BCUT2D eigenvalue weighted by Crippen LogP contribution is -2.58. The maximum atomic E-state index is 12.7. The Morgan fingerprint density at radius 2 is 1.89 bits per heavy atom. The second-order valence-corrected chi connectivity index (χ2v) is 7.16. The smallest absolute Gasteiger partial charge is 0.326 e. The molecule has 1 rings (SSSR count). The Morgan fingerprint density at radius 3 is 2.37 bits per heavy atom. The third kappa shape index (κ3) is 6.08. The standard InChI is InChI=1S/C16H28N4O6S/c1-8(2)12(16(25)26)19-14(23)11-4-3-5-20(11)15(24)10(6-21)18-13(22)9(17)7-27/h8-12,21,27H,3-7,17H2,1-2H3,(H,18,22)(H,19,23)(H,25,26). The molecule has 0 aromatic carbocycles. The number of aliphatic hydroxyl groups is 1. The fraction of sp³-hybridized carbons (Fsp3) is 0.750. The Bertz CT molecular complexity index is 573. The van der Waals surface area contributed by atoms with Crippen LogP contribution in [0.15, 0.2) is 0 Å². The SMILES string of the molecule is CC(C)C(NC(=O)C1CCCN1C(=O)C(CO)NC(=O)C(N)CS)C(=O)O. The van der Waals surface area contributed by atoms with E-state index in [1.807, 2.05) is 0 Å². The minimum Gasteiger partial charge on any atom is -0.480 e. The molecule has 154 valence electrons. The quantitative estimate of drug-likeness (QED) is 0.241. The molecule has 11 heteroatoms. The van der Waals surface area contributed by atoms with Gasteiger partial charge < -0.3 is 31.5 Å². The van der Waals surface area contributed by atoms with Gasteiger partial charge in [-0.25, -0.2) is 4.79 Å². The van der Waals surface area contributed by atoms with E-state index in [9.17, 15) is 29.4 Å². The molecule has 0 bridgehead atoms. The first-order valence-corrected chi connectivity index (χ1v) is 9.38. The number of hydrogen-bond acceptors (Lipinski definition) is 7. The van der Waals surface area contributed by atoms with Crippen molar-refractivity contribution in [3.05, 3.63) is 0 Å². The van der Waals surface area contributed by atoms with E-state index in [-0.39, 0.29) is 18.2 Å². The van der Waals surface area contributed by atoms with Gasteiger partial charge in [0, 0.05) is 12.3 Å². The summed E-state index contributed by atoms with van der Waals surface area (Å²) in [7, 11) is 0. The topological polar surface area (TPSA) is 162 Å². The number of carbonyl (C=O) groups excluding carboxylic acids is 3. The van der Waals surface area contributed by atoms with Crippen LogP contribution in [0.1, 0.15) is 26.7 Å². The number of thiol groups is 1. The van der Waals surface area contributed by atoms with Gasteiger partial charge in [-0.3, -0.25) is 14.4 Å². The number of nitrogens with zero attached hydrogens (tertiary/aromatic N) is 1. The van der Waals surface area contributed by atoms with Crippen LogP contribution in [0.5, 0.6) is 0 Å². The molecular formula is C16H28N4O6S. The van der Waals surface area contributed by atoms with E-state index < -0.39 is 54.5 Å². The first-order valence-electron chi connectivity index (χ1n) is 8.75. The Hall–Kier alpha value is -1.85. The van der Waals surface area contributed by atoms with Gasteiger partial charge >= 0.3 is 5.97 Å². The number of carboxylic acid groups (broad SMARTS) is 1. The molecule has 6 N–H and O–H groups in total. The van der Waals surface area contributed by atoms with E-state index in [4.69, 9.17) is 5.73 Å². The van der Waals surface area contributed by atoms with E-state index in [1.165, 1.54) is 4.90 Å². The number of likely N-dealkylation sites (tertiary alicyclic amines) is 1. The molecule has 0 aromatic heterocycles. The lowest BCUT2D eigenvalue weighted by atomic mass is 10.0. The summed E-state index contributed by atoms with van der Waals surface area (Å²) in [6, 6.07) is -4.10. The summed E-state index contributed by atoms with van der Waals surface area (Å²) >= 11 is 3.91. The van der Waals surface area contributed by atoms with Crippen molar-refractivity contribution in [3.63, 3.8) is 0 Å². The van der Waals surface area contributed by atoms with Crippen LogP contribution in [0.25, 0.3) is 0 Å². The average Bonchev–Trinajstić information content (AvgIpc) is 3.11. The summed E-state index contributed by atoms with van der Waals surface area (Å²) in [5, 5.41) is 23.5. The van der Waals surface area contributed by atoms with Crippen LogP contribution in [0.4, 0.5) is 0 Å². The largest absolute Gasteiger partial charge is 0.480 e. The number of aliphatic hydroxyl groups excluding tert-OH is 1. The molecule has 0 aromatic rings. The summed E-state index contributed by atoms with van der Waals surface area (Å²) in [4.78, 5) is 49.6. The van der Waals surface area contributed by atoms with E-state index in [2.05, 4.69) is 23.3 Å². The average molecular weight is 404 g/mol. The highest BCUT2D eigenvalue weighted by Crippen LogP contribution is 2.19. The lowest BCUT2D eigenvalue weighted by molar-refractivity contribution is -0.146. The van der Waals surface area contributed by atoms with Crippen molar-refractivity contribution in [1.29, 1.82) is 0 Å². The number of carbonyl (C=O) groups is 4. The molecule has 0 aliphatic carbocycles.